The minimum atomic E-state index is -4.72. The molecule has 0 aliphatic rings. The van der Waals surface area contributed by atoms with Gasteiger partial charge in [0.1, 0.15) is 0 Å². The fraction of sp³-hybridized carbons (Fsp3) is 0.0175. The highest BCUT2D eigenvalue weighted by Crippen LogP contribution is 2.49. The van der Waals surface area contributed by atoms with E-state index >= 15 is 0 Å². The van der Waals surface area contributed by atoms with Crippen molar-refractivity contribution in [2.24, 2.45) is 0 Å². The van der Waals surface area contributed by atoms with E-state index in [1.807, 2.05) is 60.7 Å². The predicted molar refractivity (Wildman–Crippen MR) is 266 cm³/mol. The number of nitriles is 2. The molecule has 66 heavy (non-hydrogen) atoms. The molecule has 0 aliphatic carbocycles. The van der Waals surface area contributed by atoms with Gasteiger partial charge in [-0.3, -0.25) is 0 Å². The van der Waals surface area contributed by atoms with Crippen LogP contribution < -0.4 is 0 Å². The molecule has 4 aromatic heterocycles. The first-order valence-corrected chi connectivity index (χ1v) is 22.9. The average molecular weight is 891 g/mol. The lowest BCUT2D eigenvalue weighted by Crippen LogP contribution is -2.08. The van der Waals surface area contributed by atoms with Gasteiger partial charge >= 0.3 is 6.18 Å². The number of aromatic nitrogens is 2. The smallest absolute Gasteiger partial charge is 0.309 e. The van der Waals surface area contributed by atoms with Crippen LogP contribution in [0.15, 0.2) is 176 Å². The monoisotopic (exact) mass is 890 g/mol. The van der Waals surface area contributed by atoms with Crippen LogP contribution in [0.3, 0.4) is 0 Å². The van der Waals surface area contributed by atoms with Crippen LogP contribution in [-0.4, -0.2) is 9.13 Å². The number of hydrogen-bond acceptors (Lipinski definition) is 4. The van der Waals surface area contributed by atoms with Crippen LogP contribution in [0.1, 0.15) is 16.7 Å². The van der Waals surface area contributed by atoms with Crippen molar-refractivity contribution in [2.75, 3.05) is 0 Å². The van der Waals surface area contributed by atoms with Crippen molar-refractivity contribution < 1.29 is 13.2 Å². The Balaban J connectivity index is 1.16. The molecule has 0 unspecified atom stereocenters. The third kappa shape index (κ3) is 5.48. The largest absolute Gasteiger partial charge is 0.417 e. The molecule has 310 valence electrons. The maximum Gasteiger partial charge on any atom is 0.417 e. The SMILES string of the molecule is N#Cc1ccc(-c2ccc(-c3ccc(C#N)cc3C(F)(F)F)cc2-n2c3ccccc3c3c4sc5ccccc5c4ccc32)c(-n2c3ccccc3c3c4sc5ccccc5c4ccc32)c1. The number of nitrogens with zero attached hydrogens (tertiary/aromatic N) is 4. The number of para-hydroxylation sites is 2. The van der Waals surface area contributed by atoms with Crippen molar-refractivity contribution in [2.45, 2.75) is 6.18 Å². The summed E-state index contributed by atoms with van der Waals surface area (Å²) in [6, 6.07) is 61.2. The Morgan fingerprint density at radius 1 is 0.409 bits per heavy atom. The average Bonchev–Trinajstić information content (AvgIpc) is 4.11. The number of thiophene rings is 2. The summed E-state index contributed by atoms with van der Waals surface area (Å²) >= 11 is 3.50. The molecular formula is C57H29F3N4S2. The maximum atomic E-state index is 15.0. The Labute approximate surface area is 382 Å². The minimum absolute atomic E-state index is 0.0308. The van der Waals surface area contributed by atoms with Crippen molar-refractivity contribution in [1.29, 1.82) is 10.5 Å². The van der Waals surface area contributed by atoms with E-state index in [0.717, 1.165) is 76.6 Å². The molecule has 13 aromatic rings. The fourth-order valence-corrected chi connectivity index (χ4v) is 12.7. The predicted octanol–water partition coefficient (Wildman–Crippen LogP) is 16.7. The Kier molecular flexibility index (Phi) is 8.20. The highest BCUT2D eigenvalue weighted by atomic mass is 32.1. The zero-order chi connectivity index (χ0) is 44.4. The lowest BCUT2D eigenvalue weighted by atomic mass is 9.93. The summed E-state index contributed by atoms with van der Waals surface area (Å²) in [5.41, 5.74) is 6.54. The van der Waals surface area contributed by atoms with Crippen molar-refractivity contribution in [3.05, 3.63) is 193 Å². The number of alkyl halides is 3. The molecule has 0 radical (unpaired) electrons. The molecule has 0 aliphatic heterocycles. The highest BCUT2D eigenvalue weighted by molar-refractivity contribution is 7.27. The molecule has 0 saturated heterocycles. The zero-order valence-electron chi connectivity index (χ0n) is 34.5. The van der Waals surface area contributed by atoms with E-state index in [9.17, 15) is 23.7 Å². The first-order chi connectivity index (χ1) is 32.3. The zero-order valence-corrected chi connectivity index (χ0v) is 36.1. The first kappa shape index (κ1) is 38.3. The third-order valence-electron chi connectivity index (χ3n) is 13.0. The lowest BCUT2D eigenvalue weighted by molar-refractivity contribution is -0.137. The summed E-state index contributed by atoms with van der Waals surface area (Å²) < 4.78 is 54.0. The van der Waals surface area contributed by atoms with Crippen LogP contribution in [0.25, 0.3) is 118 Å². The highest BCUT2D eigenvalue weighted by Gasteiger charge is 2.34. The van der Waals surface area contributed by atoms with Gasteiger partial charge in [0, 0.05) is 73.0 Å². The van der Waals surface area contributed by atoms with Gasteiger partial charge in [0.2, 0.25) is 0 Å². The van der Waals surface area contributed by atoms with E-state index in [0.29, 0.717) is 16.8 Å². The molecule has 0 amide bonds. The molecule has 9 aromatic carbocycles. The maximum absolute atomic E-state index is 15.0. The van der Waals surface area contributed by atoms with E-state index in [1.165, 1.54) is 42.4 Å². The van der Waals surface area contributed by atoms with Gasteiger partial charge in [-0.2, -0.15) is 23.7 Å². The Bertz CT molecular complexity index is 4320. The summed E-state index contributed by atoms with van der Waals surface area (Å²) in [7, 11) is 0. The summed E-state index contributed by atoms with van der Waals surface area (Å²) in [6.45, 7) is 0. The number of hydrogen-bond donors (Lipinski definition) is 0. The van der Waals surface area contributed by atoms with Gasteiger partial charge in [-0.15, -0.1) is 22.7 Å². The van der Waals surface area contributed by atoms with Gasteiger partial charge in [0.05, 0.1) is 62.3 Å². The second-order valence-corrected chi connectivity index (χ2v) is 18.6. The van der Waals surface area contributed by atoms with Crippen molar-refractivity contribution >= 4 is 107 Å². The van der Waals surface area contributed by atoms with E-state index in [1.54, 1.807) is 28.7 Å². The van der Waals surface area contributed by atoms with Crippen LogP contribution >= 0.6 is 22.7 Å². The van der Waals surface area contributed by atoms with Gasteiger partial charge < -0.3 is 9.13 Å². The minimum Gasteiger partial charge on any atom is -0.309 e. The number of benzene rings is 9. The topological polar surface area (TPSA) is 57.4 Å². The van der Waals surface area contributed by atoms with Crippen LogP contribution in [0.4, 0.5) is 13.2 Å². The van der Waals surface area contributed by atoms with Crippen molar-refractivity contribution in [1.82, 2.24) is 9.13 Å². The molecule has 0 fully saturated rings. The molecule has 9 heteroatoms. The Morgan fingerprint density at radius 2 is 0.864 bits per heavy atom. The summed E-state index contributed by atoms with van der Waals surface area (Å²) in [5.74, 6) is 0. The standard InChI is InChI=1S/C57H29F3N4S2/c58-57(59,60)44-27-32(30-61)17-20-35(44)34-19-22-37(50(29-34)64-46-14-6-2-12-43(46)54-48(64)26-24-41-39-10-4-8-16-52(39)66-56(41)54)36-21-18-33(31-62)28-49(36)63-45-13-5-1-11-42(45)53-47(63)25-23-40-38-9-3-7-15-51(38)65-55(40)53/h1-29H. The third-order valence-corrected chi connectivity index (χ3v) is 15.4. The van der Waals surface area contributed by atoms with Crippen LogP contribution in [0, 0.1) is 22.7 Å². The number of halogens is 3. The molecule has 0 saturated carbocycles. The Morgan fingerprint density at radius 3 is 1.39 bits per heavy atom. The normalized spacial score (nSPS) is 12.1. The van der Waals surface area contributed by atoms with E-state index in [2.05, 4.69) is 112 Å². The van der Waals surface area contributed by atoms with E-state index in [4.69, 9.17) is 0 Å². The molecule has 0 bridgehead atoms. The van der Waals surface area contributed by atoms with Crippen molar-refractivity contribution in [3.8, 4) is 45.8 Å². The molecule has 13 rings (SSSR count). The second kappa shape index (κ2) is 14.1. The van der Waals surface area contributed by atoms with Crippen LogP contribution in [0.5, 0.6) is 0 Å². The molecule has 0 atom stereocenters. The van der Waals surface area contributed by atoms with Crippen molar-refractivity contribution in [3.63, 3.8) is 0 Å². The lowest BCUT2D eigenvalue weighted by Gasteiger charge is -2.21. The number of rotatable bonds is 4. The van der Waals surface area contributed by atoms with E-state index < -0.39 is 11.7 Å². The molecule has 4 heterocycles. The van der Waals surface area contributed by atoms with Gasteiger partial charge in [-0.1, -0.05) is 109 Å². The van der Waals surface area contributed by atoms with E-state index in [-0.39, 0.29) is 11.1 Å². The molecule has 0 N–H and O–H groups in total. The summed E-state index contributed by atoms with van der Waals surface area (Å²) in [4.78, 5) is 0. The number of fused-ring (bicyclic) bond motifs is 14. The molecule has 0 spiro atoms. The molecule has 4 nitrogen and oxygen atoms in total. The summed E-state index contributed by atoms with van der Waals surface area (Å²) in [5, 5.41) is 29.1. The Hall–Kier alpha value is -8.21. The van der Waals surface area contributed by atoms with Crippen LogP contribution in [-0.2, 0) is 6.18 Å². The van der Waals surface area contributed by atoms with Crippen LogP contribution in [0.2, 0.25) is 0 Å². The molecular weight excluding hydrogens is 862 g/mol. The van der Waals surface area contributed by atoms with Gasteiger partial charge in [-0.05, 0) is 77.9 Å². The van der Waals surface area contributed by atoms with Gasteiger partial charge in [0.15, 0.2) is 0 Å². The fourth-order valence-electron chi connectivity index (χ4n) is 10.2. The van der Waals surface area contributed by atoms with Gasteiger partial charge in [0.25, 0.3) is 0 Å². The second-order valence-electron chi connectivity index (χ2n) is 16.5. The van der Waals surface area contributed by atoms with Gasteiger partial charge in [-0.25, -0.2) is 0 Å². The first-order valence-electron chi connectivity index (χ1n) is 21.3. The quantitative estimate of drug-likeness (QED) is 0.177. The summed E-state index contributed by atoms with van der Waals surface area (Å²) in [6.07, 6.45) is -4.72.